The number of rotatable bonds is 7. The Balaban J connectivity index is 1.62. The first-order valence-corrected chi connectivity index (χ1v) is 10.7. The molecule has 4 atom stereocenters. The van der Waals surface area contributed by atoms with E-state index >= 15 is 0 Å². The fourth-order valence-electron chi connectivity index (χ4n) is 4.26. The number of aryl methyl sites for hydroxylation is 2. The second-order valence-electron chi connectivity index (χ2n) is 7.48. The highest BCUT2D eigenvalue weighted by Crippen LogP contribution is 2.41. The first-order chi connectivity index (χ1) is 12.6. The third-order valence-electron chi connectivity index (χ3n) is 5.56. The molecule has 0 amide bonds. The van der Waals surface area contributed by atoms with Gasteiger partial charge in [0.2, 0.25) is 0 Å². The van der Waals surface area contributed by atoms with Crippen molar-refractivity contribution in [1.82, 2.24) is 10.3 Å². The van der Waals surface area contributed by atoms with Gasteiger partial charge in [-0.25, -0.2) is 0 Å². The van der Waals surface area contributed by atoms with Crippen LogP contribution in [0.3, 0.4) is 0 Å². The van der Waals surface area contributed by atoms with Crippen molar-refractivity contribution in [3.8, 4) is 5.75 Å². The van der Waals surface area contributed by atoms with Crippen LogP contribution in [0.5, 0.6) is 5.75 Å². The lowest BCUT2D eigenvalue weighted by Crippen LogP contribution is -2.36. The van der Waals surface area contributed by atoms with Crippen molar-refractivity contribution in [3.05, 3.63) is 53.3 Å². The zero-order valence-corrected chi connectivity index (χ0v) is 17.4. The van der Waals surface area contributed by atoms with Crippen molar-refractivity contribution in [2.45, 2.75) is 58.3 Å². The molecule has 2 aromatic rings. The maximum absolute atomic E-state index is 5.52. The maximum atomic E-state index is 5.52. The molecular weight excluding hydrogens is 339 g/mol. The van der Waals surface area contributed by atoms with Crippen LogP contribution in [0, 0.1) is 19.8 Å². The third kappa shape index (κ3) is 4.64. The molecule has 1 heterocycles. The molecule has 140 valence electrons. The molecule has 0 aliphatic heterocycles. The van der Waals surface area contributed by atoms with E-state index in [4.69, 9.17) is 4.74 Å². The molecule has 1 aliphatic rings. The standard InChI is InChI=1S/C22H31N2OP/c1-15-12-19(13-16(2)22(15)25-4)26-21-10-7-9-20(21)17(3)24-14-18-8-5-6-11-23-18/h5-6,8,11-13,17,20-21,24,26H,7,9-10,14H2,1-4H3/t17-,20?,21?/m1/s1. The number of aromatic nitrogens is 1. The molecule has 3 nitrogen and oxygen atoms in total. The number of nitrogens with one attached hydrogen (secondary N) is 1. The van der Waals surface area contributed by atoms with Gasteiger partial charge in [-0.1, -0.05) is 21.1 Å². The highest BCUT2D eigenvalue weighted by molar-refractivity contribution is 7.48. The first-order valence-electron chi connectivity index (χ1n) is 9.63. The van der Waals surface area contributed by atoms with Crippen molar-refractivity contribution in [2.75, 3.05) is 7.11 Å². The summed E-state index contributed by atoms with van der Waals surface area (Å²) in [6.07, 6.45) is 5.91. The molecule has 1 aliphatic carbocycles. The molecule has 1 fully saturated rings. The fraction of sp³-hybridized carbons (Fsp3) is 0.500. The average molecular weight is 370 g/mol. The number of nitrogens with zero attached hydrogens (tertiary/aromatic N) is 1. The second kappa shape index (κ2) is 8.97. The largest absolute Gasteiger partial charge is 0.496 e. The SMILES string of the molecule is COc1c(C)cc(PC2CCCC2[C@@H](C)NCc2ccccn2)cc1C. The van der Waals surface area contributed by atoms with Gasteiger partial charge in [0.1, 0.15) is 5.75 Å². The Bertz CT molecular complexity index is 696. The summed E-state index contributed by atoms with van der Waals surface area (Å²) >= 11 is 0. The van der Waals surface area contributed by atoms with Crippen molar-refractivity contribution in [2.24, 2.45) is 5.92 Å². The molecule has 1 aromatic heterocycles. The van der Waals surface area contributed by atoms with Gasteiger partial charge in [0, 0.05) is 18.8 Å². The number of ether oxygens (including phenoxy) is 1. The molecule has 0 radical (unpaired) electrons. The maximum Gasteiger partial charge on any atom is 0.124 e. The van der Waals surface area contributed by atoms with E-state index in [1.165, 1.54) is 35.7 Å². The zero-order chi connectivity index (χ0) is 18.5. The van der Waals surface area contributed by atoms with Crippen LogP contribution in [0.25, 0.3) is 0 Å². The zero-order valence-electron chi connectivity index (χ0n) is 16.4. The van der Waals surface area contributed by atoms with Crippen LogP contribution in [0.2, 0.25) is 0 Å². The molecule has 1 N–H and O–H groups in total. The lowest BCUT2D eigenvalue weighted by Gasteiger charge is -2.27. The van der Waals surface area contributed by atoms with E-state index in [2.05, 4.69) is 55.3 Å². The molecule has 0 spiro atoms. The lowest BCUT2D eigenvalue weighted by molar-refractivity contribution is 0.384. The van der Waals surface area contributed by atoms with E-state index < -0.39 is 0 Å². The van der Waals surface area contributed by atoms with Crippen LogP contribution in [0.1, 0.15) is 43.0 Å². The lowest BCUT2D eigenvalue weighted by atomic mass is 9.99. The van der Waals surface area contributed by atoms with Gasteiger partial charge in [-0.05, 0) is 85.9 Å². The molecule has 0 bridgehead atoms. The van der Waals surface area contributed by atoms with Gasteiger partial charge in [-0.2, -0.15) is 0 Å². The summed E-state index contributed by atoms with van der Waals surface area (Å²) in [6.45, 7) is 7.52. The van der Waals surface area contributed by atoms with Crippen molar-refractivity contribution in [1.29, 1.82) is 0 Å². The Labute approximate surface area is 159 Å². The van der Waals surface area contributed by atoms with E-state index in [0.717, 1.165) is 38.1 Å². The van der Waals surface area contributed by atoms with Crippen LogP contribution < -0.4 is 15.4 Å². The Morgan fingerprint density at radius 2 is 2.00 bits per heavy atom. The second-order valence-corrected chi connectivity index (χ2v) is 9.09. The molecular formula is C22H31N2OP. The van der Waals surface area contributed by atoms with Crippen LogP contribution in [-0.4, -0.2) is 23.8 Å². The van der Waals surface area contributed by atoms with E-state index in [1.807, 2.05) is 12.3 Å². The number of methoxy groups -OCH3 is 1. The Morgan fingerprint density at radius 3 is 2.65 bits per heavy atom. The quantitative estimate of drug-likeness (QED) is 0.736. The van der Waals surface area contributed by atoms with Gasteiger partial charge in [0.05, 0.1) is 12.8 Å². The van der Waals surface area contributed by atoms with Crippen molar-refractivity contribution in [3.63, 3.8) is 0 Å². The van der Waals surface area contributed by atoms with Gasteiger partial charge in [-0.15, -0.1) is 0 Å². The molecule has 3 rings (SSSR count). The summed E-state index contributed by atoms with van der Waals surface area (Å²) in [5, 5.41) is 5.20. The molecule has 26 heavy (non-hydrogen) atoms. The number of hydrogen-bond acceptors (Lipinski definition) is 3. The Morgan fingerprint density at radius 1 is 1.23 bits per heavy atom. The summed E-state index contributed by atoms with van der Waals surface area (Å²) in [5.74, 6) is 1.78. The normalized spacial score (nSPS) is 21.4. The molecule has 4 heteroatoms. The molecule has 1 aromatic carbocycles. The predicted octanol–water partition coefficient (Wildman–Crippen LogP) is 4.36. The highest BCUT2D eigenvalue weighted by atomic mass is 31.1. The molecule has 3 unspecified atom stereocenters. The minimum Gasteiger partial charge on any atom is -0.496 e. The average Bonchev–Trinajstić information content (AvgIpc) is 3.08. The minimum atomic E-state index is 0.525. The van der Waals surface area contributed by atoms with E-state index in [9.17, 15) is 0 Å². The molecule has 0 saturated heterocycles. The predicted molar refractivity (Wildman–Crippen MR) is 112 cm³/mol. The monoisotopic (exact) mass is 370 g/mol. The topological polar surface area (TPSA) is 34.1 Å². The van der Waals surface area contributed by atoms with Crippen LogP contribution >= 0.6 is 8.58 Å². The van der Waals surface area contributed by atoms with E-state index in [-0.39, 0.29) is 0 Å². The van der Waals surface area contributed by atoms with Crippen LogP contribution in [0.4, 0.5) is 0 Å². The van der Waals surface area contributed by atoms with Gasteiger partial charge in [0.25, 0.3) is 0 Å². The van der Waals surface area contributed by atoms with Gasteiger partial charge < -0.3 is 10.1 Å². The summed E-state index contributed by atoms with van der Waals surface area (Å²) < 4.78 is 5.52. The first kappa shape index (κ1) is 19.3. The number of hydrogen-bond donors (Lipinski definition) is 1. The summed E-state index contributed by atoms with van der Waals surface area (Å²) in [4.78, 5) is 4.43. The Hall–Kier alpha value is -1.44. The van der Waals surface area contributed by atoms with Crippen LogP contribution in [0.15, 0.2) is 36.5 Å². The molecule has 1 saturated carbocycles. The third-order valence-corrected chi connectivity index (χ3v) is 7.27. The summed E-state index contributed by atoms with van der Waals surface area (Å²) in [5.41, 5.74) is 4.42. The van der Waals surface area contributed by atoms with Crippen molar-refractivity contribution < 1.29 is 4.74 Å². The highest BCUT2D eigenvalue weighted by Gasteiger charge is 2.31. The fourth-order valence-corrected chi connectivity index (χ4v) is 6.30. The number of pyridine rings is 1. The van der Waals surface area contributed by atoms with Gasteiger partial charge >= 0.3 is 0 Å². The van der Waals surface area contributed by atoms with Gasteiger partial charge in [-0.3, -0.25) is 4.98 Å². The minimum absolute atomic E-state index is 0.525. The van der Waals surface area contributed by atoms with Crippen molar-refractivity contribution >= 4 is 13.9 Å². The van der Waals surface area contributed by atoms with E-state index in [1.54, 1.807) is 7.11 Å². The van der Waals surface area contributed by atoms with Crippen LogP contribution in [-0.2, 0) is 6.54 Å². The van der Waals surface area contributed by atoms with Gasteiger partial charge in [0.15, 0.2) is 0 Å². The van der Waals surface area contributed by atoms with E-state index in [0.29, 0.717) is 6.04 Å². The Kier molecular flexibility index (Phi) is 6.67. The summed E-state index contributed by atoms with van der Waals surface area (Å²) in [7, 11) is 2.64. The number of benzene rings is 1. The smallest absolute Gasteiger partial charge is 0.124 e. The summed E-state index contributed by atoms with van der Waals surface area (Å²) in [6, 6.07) is 11.3.